The topological polar surface area (TPSA) is 57.8 Å². The number of hydrogen-bond donors (Lipinski definition) is 2. The molecule has 0 saturated carbocycles. The molecule has 0 saturated heterocycles. The Morgan fingerprint density at radius 1 is 1.04 bits per heavy atom. The second kappa shape index (κ2) is 7.00. The van der Waals surface area contributed by atoms with Crippen LogP contribution in [0.1, 0.15) is 29.2 Å². The summed E-state index contributed by atoms with van der Waals surface area (Å²) in [6, 6.07) is 18.3. The zero-order chi connectivity index (χ0) is 19.0. The molecule has 2 N–H and O–H groups in total. The number of benzene rings is 2. The van der Waals surface area contributed by atoms with E-state index in [4.69, 9.17) is 4.98 Å². The van der Waals surface area contributed by atoms with Gasteiger partial charge in [0.05, 0.1) is 11.4 Å². The normalized spacial score (nSPS) is 12.3. The molecule has 0 amide bonds. The summed E-state index contributed by atoms with van der Waals surface area (Å²) in [7, 11) is 0. The van der Waals surface area contributed by atoms with Crippen molar-refractivity contribution in [1.29, 1.82) is 0 Å². The molecule has 4 aromatic rings. The Bertz CT molecular complexity index is 1160. The van der Waals surface area contributed by atoms with Gasteiger partial charge >= 0.3 is 0 Å². The fourth-order valence-electron chi connectivity index (χ4n) is 3.26. The van der Waals surface area contributed by atoms with Crippen LogP contribution in [0.4, 0.5) is 5.69 Å². The van der Waals surface area contributed by atoms with Crippen molar-refractivity contribution in [3.05, 3.63) is 81.2 Å². The molecule has 0 aliphatic rings. The molecule has 0 bridgehead atoms. The van der Waals surface area contributed by atoms with Gasteiger partial charge < -0.3 is 10.3 Å². The Morgan fingerprint density at radius 2 is 1.74 bits per heavy atom. The minimum Gasteiger partial charge on any atom is -0.375 e. The number of rotatable bonds is 4. The first kappa shape index (κ1) is 17.5. The van der Waals surface area contributed by atoms with E-state index in [2.05, 4.69) is 34.6 Å². The van der Waals surface area contributed by atoms with Gasteiger partial charge in [0, 0.05) is 16.1 Å². The van der Waals surface area contributed by atoms with Gasteiger partial charge in [0.2, 0.25) is 0 Å². The molecule has 136 valence electrons. The summed E-state index contributed by atoms with van der Waals surface area (Å²) in [5.41, 5.74) is 4.23. The van der Waals surface area contributed by atoms with E-state index >= 15 is 0 Å². The Kier molecular flexibility index (Phi) is 4.54. The Morgan fingerprint density at radius 3 is 2.52 bits per heavy atom. The molecule has 2 aromatic heterocycles. The maximum absolute atomic E-state index is 12.6. The Balaban J connectivity index is 1.71. The van der Waals surface area contributed by atoms with E-state index in [0.29, 0.717) is 11.2 Å². The first-order chi connectivity index (χ1) is 13.0. The number of aryl methyl sites for hydroxylation is 2. The van der Waals surface area contributed by atoms with Crippen molar-refractivity contribution in [2.75, 3.05) is 5.32 Å². The Hall–Kier alpha value is -2.92. The van der Waals surface area contributed by atoms with Crippen LogP contribution in [0.5, 0.6) is 0 Å². The van der Waals surface area contributed by atoms with Crippen molar-refractivity contribution in [2.45, 2.75) is 26.8 Å². The summed E-state index contributed by atoms with van der Waals surface area (Å²) in [6.07, 6.45) is 0. The highest BCUT2D eigenvalue weighted by Gasteiger charge is 2.16. The standard InChI is InChI=1S/C22H21N3OS/c1-13-15(3)27-22-19(13)21(26)24-20(25-22)14(2)23-18-12-8-7-11-17(18)16-9-5-4-6-10-16/h4-12,14,23H,1-3H3,(H,24,25,26)/t14-/m1/s1. The number of H-pyrrole nitrogens is 1. The van der Waals surface area contributed by atoms with Crippen LogP contribution in [0.3, 0.4) is 0 Å². The number of fused-ring (bicyclic) bond motifs is 1. The first-order valence-corrected chi connectivity index (χ1v) is 9.77. The van der Waals surface area contributed by atoms with Crippen molar-refractivity contribution < 1.29 is 0 Å². The van der Waals surface area contributed by atoms with Crippen molar-refractivity contribution >= 4 is 27.2 Å². The molecular weight excluding hydrogens is 354 g/mol. The van der Waals surface area contributed by atoms with Gasteiger partial charge in [-0.1, -0.05) is 48.5 Å². The minimum absolute atomic E-state index is 0.0677. The molecule has 4 rings (SSSR count). The van der Waals surface area contributed by atoms with Gasteiger partial charge in [-0.25, -0.2) is 4.98 Å². The van der Waals surface area contributed by atoms with Crippen LogP contribution in [0.2, 0.25) is 0 Å². The van der Waals surface area contributed by atoms with Crippen LogP contribution in [-0.2, 0) is 0 Å². The fourth-order valence-corrected chi connectivity index (χ4v) is 4.29. The number of nitrogens with zero attached hydrogens (tertiary/aromatic N) is 1. The number of aromatic amines is 1. The molecule has 0 radical (unpaired) electrons. The molecule has 5 heteroatoms. The lowest BCUT2D eigenvalue weighted by Gasteiger charge is -2.18. The quantitative estimate of drug-likeness (QED) is 0.499. The third kappa shape index (κ3) is 3.26. The van der Waals surface area contributed by atoms with Crippen LogP contribution in [-0.4, -0.2) is 9.97 Å². The molecule has 0 spiro atoms. The molecule has 2 heterocycles. The van der Waals surface area contributed by atoms with E-state index in [-0.39, 0.29) is 11.6 Å². The smallest absolute Gasteiger partial charge is 0.259 e. The number of anilines is 1. The zero-order valence-electron chi connectivity index (χ0n) is 15.5. The minimum atomic E-state index is -0.130. The summed E-state index contributed by atoms with van der Waals surface area (Å²) >= 11 is 1.57. The van der Waals surface area contributed by atoms with Gasteiger partial charge in [-0.05, 0) is 38.0 Å². The summed E-state index contributed by atoms with van der Waals surface area (Å²) in [5, 5.41) is 4.22. The molecule has 27 heavy (non-hydrogen) atoms. The van der Waals surface area contributed by atoms with Crippen LogP contribution in [0.25, 0.3) is 21.3 Å². The number of nitrogens with one attached hydrogen (secondary N) is 2. The maximum atomic E-state index is 12.6. The summed E-state index contributed by atoms with van der Waals surface area (Å²) < 4.78 is 0. The van der Waals surface area contributed by atoms with E-state index in [1.54, 1.807) is 11.3 Å². The van der Waals surface area contributed by atoms with Crippen LogP contribution >= 0.6 is 11.3 Å². The Labute approximate surface area is 161 Å². The summed E-state index contributed by atoms with van der Waals surface area (Å²) in [6.45, 7) is 6.01. The van der Waals surface area contributed by atoms with E-state index in [9.17, 15) is 4.79 Å². The van der Waals surface area contributed by atoms with Gasteiger partial charge in [-0.2, -0.15) is 0 Å². The van der Waals surface area contributed by atoms with Gasteiger partial charge in [0.15, 0.2) is 0 Å². The number of hydrogen-bond acceptors (Lipinski definition) is 4. The predicted octanol–water partition coefficient (Wildman–Crippen LogP) is 5.44. The van der Waals surface area contributed by atoms with Gasteiger partial charge in [0.25, 0.3) is 5.56 Å². The first-order valence-electron chi connectivity index (χ1n) is 8.95. The molecule has 1 atom stereocenters. The molecule has 0 unspecified atom stereocenters. The zero-order valence-corrected chi connectivity index (χ0v) is 16.4. The maximum Gasteiger partial charge on any atom is 0.259 e. The van der Waals surface area contributed by atoms with Gasteiger partial charge in [-0.15, -0.1) is 11.3 Å². The molecule has 0 fully saturated rings. The van der Waals surface area contributed by atoms with E-state index in [1.807, 2.05) is 51.1 Å². The second-order valence-corrected chi connectivity index (χ2v) is 7.90. The summed E-state index contributed by atoms with van der Waals surface area (Å²) in [5.74, 6) is 0.650. The molecular formula is C22H21N3OS. The monoisotopic (exact) mass is 375 g/mol. The third-order valence-corrected chi connectivity index (χ3v) is 5.95. The SMILES string of the molecule is Cc1sc2nc([C@@H](C)Nc3ccccc3-c3ccccc3)[nH]c(=O)c2c1C. The highest BCUT2D eigenvalue weighted by atomic mass is 32.1. The van der Waals surface area contributed by atoms with Crippen LogP contribution in [0.15, 0.2) is 59.4 Å². The lowest BCUT2D eigenvalue weighted by Crippen LogP contribution is -2.17. The largest absolute Gasteiger partial charge is 0.375 e. The molecule has 4 nitrogen and oxygen atoms in total. The van der Waals surface area contributed by atoms with Crippen LogP contribution in [0, 0.1) is 13.8 Å². The lowest BCUT2D eigenvalue weighted by molar-refractivity contribution is 0.793. The average molecular weight is 375 g/mol. The second-order valence-electron chi connectivity index (χ2n) is 6.69. The van der Waals surface area contributed by atoms with E-state index < -0.39 is 0 Å². The fraction of sp³-hybridized carbons (Fsp3) is 0.182. The highest BCUT2D eigenvalue weighted by Crippen LogP contribution is 2.31. The predicted molar refractivity (Wildman–Crippen MR) is 114 cm³/mol. The number of para-hydroxylation sites is 1. The van der Waals surface area contributed by atoms with E-state index in [1.165, 1.54) is 0 Å². The van der Waals surface area contributed by atoms with Gasteiger partial charge in [-0.3, -0.25) is 4.79 Å². The molecule has 0 aliphatic heterocycles. The molecule has 2 aromatic carbocycles. The van der Waals surface area contributed by atoms with Crippen molar-refractivity contribution in [3.8, 4) is 11.1 Å². The van der Waals surface area contributed by atoms with Gasteiger partial charge in [0.1, 0.15) is 10.7 Å². The number of aromatic nitrogens is 2. The van der Waals surface area contributed by atoms with Crippen LogP contribution < -0.4 is 10.9 Å². The third-order valence-electron chi connectivity index (χ3n) is 4.85. The van der Waals surface area contributed by atoms with Crippen molar-refractivity contribution in [2.24, 2.45) is 0 Å². The summed E-state index contributed by atoms with van der Waals surface area (Å²) in [4.78, 5) is 22.2. The molecule has 0 aliphatic carbocycles. The van der Waals surface area contributed by atoms with Crippen molar-refractivity contribution in [3.63, 3.8) is 0 Å². The number of thiophene rings is 1. The van der Waals surface area contributed by atoms with E-state index in [0.717, 1.165) is 32.1 Å². The highest BCUT2D eigenvalue weighted by molar-refractivity contribution is 7.18. The average Bonchev–Trinajstić information content (AvgIpc) is 2.97. The lowest BCUT2D eigenvalue weighted by atomic mass is 10.0. The van der Waals surface area contributed by atoms with Crippen molar-refractivity contribution in [1.82, 2.24) is 9.97 Å².